The van der Waals surface area contributed by atoms with Crippen LogP contribution in [-0.2, 0) is 6.42 Å². The summed E-state index contributed by atoms with van der Waals surface area (Å²) in [6.45, 7) is 4.12. The largest absolute Gasteiger partial charge is 0.324 e. The molecule has 3 aromatic rings. The summed E-state index contributed by atoms with van der Waals surface area (Å²) in [4.78, 5) is 21.0. The molecule has 0 saturated heterocycles. The van der Waals surface area contributed by atoms with Crippen LogP contribution in [-0.4, -0.2) is 15.9 Å². The molecule has 6 heteroatoms. The summed E-state index contributed by atoms with van der Waals surface area (Å²) in [6, 6.07) is 14.6. The van der Waals surface area contributed by atoms with Crippen LogP contribution in [0.15, 0.2) is 54.7 Å². The van der Waals surface area contributed by atoms with Crippen molar-refractivity contribution < 1.29 is 4.79 Å². The lowest BCUT2D eigenvalue weighted by molar-refractivity contribution is 0.102. The Labute approximate surface area is 157 Å². The first-order valence-corrected chi connectivity index (χ1v) is 8.70. The number of rotatable bonds is 5. The maximum Gasteiger partial charge on any atom is 0.274 e. The molecule has 2 N–H and O–H groups in total. The SMILES string of the molecule is CCc1cccc(C)c1Nc1nccc(C(=O)Nc2ccc(Cl)cc2)n1. The molecule has 0 saturated carbocycles. The predicted molar refractivity (Wildman–Crippen MR) is 105 cm³/mol. The van der Waals surface area contributed by atoms with Crippen LogP contribution in [0.25, 0.3) is 0 Å². The van der Waals surface area contributed by atoms with Crippen LogP contribution >= 0.6 is 11.6 Å². The van der Waals surface area contributed by atoms with Gasteiger partial charge in [-0.25, -0.2) is 9.97 Å². The van der Waals surface area contributed by atoms with E-state index in [0.717, 1.165) is 17.7 Å². The molecule has 0 radical (unpaired) electrons. The molecule has 5 nitrogen and oxygen atoms in total. The Morgan fingerprint density at radius 3 is 2.62 bits per heavy atom. The van der Waals surface area contributed by atoms with E-state index in [1.54, 1.807) is 36.5 Å². The molecule has 1 aromatic heterocycles. The quantitative estimate of drug-likeness (QED) is 0.667. The Kier molecular flexibility index (Phi) is 5.49. The monoisotopic (exact) mass is 366 g/mol. The Balaban J connectivity index is 1.80. The highest BCUT2D eigenvalue weighted by Crippen LogP contribution is 2.24. The molecule has 1 heterocycles. The molecule has 132 valence electrons. The zero-order chi connectivity index (χ0) is 18.5. The first-order chi connectivity index (χ1) is 12.6. The smallest absolute Gasteiger partial charge is 0.274 e. The highest BCUT2D eigenvalue weighted by molar-refractivity contribution is 6.30. The predicted octanol–water partition coefficient (Wildman–Crippen LogP) is 5.00. The molecular weight excluding hydrogens is 348 g/mol. The average Bonchev–Trinajstić information content (AvgIpc) is 2.65. The van der Waals surface area contributed by atoms with Gasteiger partial charge in [0.15, 0.2) is 0 Å². The minimum absolute atomic E-state index is 0.282. The number of para-hydroxylation sites is 1. The molecule has 26 heavy (non-hydrogen) atoms. The second-order valence-electron chi connectivity index (χ2n) is 5.81. The van der Waals surface area contributed by atoms with Crippen molar-refractivity contribution in [2.75, 3.05) is 10.6 Å². The van der Waals surface area contributed by atoms with Crippen LogP contribution in [0.2, 0.25) is 5.02 Å². The van der Waals surface area contributed by atoms with Gasteiger partial charge in [-0.2, -0.15) is 0 Å². The van der Waals surface area contributed by atoms with E-state index in [4.69, 9.17) is 11.6 Å². The van der Waals surface area contributed by atoms with Gasteiger partial charge in [-0.1, -0.05) is 36.7 Å². The molecular formula is C20H19ClN4O. The number of aromatic nitrogens is 2. The lowest BCUT2D eigenvalue weighted by Crippen LogP contribution is -2.15. The van der Waals surface area contributed by atoms with Crippen molar-refractivity contribution >= 4 is 34.8 Å². The molecule has 3 rings (SSSR count). The second-order valence-corrected chi connectivity index (χ2v) is 6.25. The zero-order valence-corrected chi connectivity index (χ0v) is 15.3. The number of nitrogens with zero attached hydrogens (tertiary/aromatic N) is 2. The molecule has 2 aromatic carbocycles. The van der Waals surface area contributed by atoms with E-state index >= 15 is 0 Å². The lowest BCUT2D eigenvalue weighted by Gasteiger charge is -2.13. The van der Waals surface area contributed by atoms with Crippen LogP contribution in [0.5, 0.6) is 0 Å². The summed E-state index contributed by atoms with van der Waals surface area (Å²) in [6.07, 6.45) is 2.46. The van der Waals surface area contributed by atoms with Gasteiger partial charge in [-0.3, -0.25) is 4.79 Å². The zero-order valence-electron chi connectivity index (χ0n) is 14.6. The van der Waals surface area contributed by atoms with Gasteiger partial charge >= 0.3 is 0 Å². The molecule has 0 fully saturated rings. The minimum atomic E-state index is -0.307. The third-order valence-corrected chi connectivity index (χ3v) is 4.22. The molecule has 0 aliphatic heterocycles. The minimum Gasteiger partial charge on any atom is -0.324 e. The maximum absolute atomic E-state index is 12.4. The number of anilines is 3. The number of aryl methyl sites for hydroxylation is 2. The summed E-state index contributed by atoms with van der Waals surface area (Å²) >= 11 is 5.86. The fourth-order valence-electron chi connectivity index (χ4n) is 2.59. The summed E-state index contributed by atoms with van der Waals surface area (Å²) in [5, 5.41) is 6.65. The van der Waals surface area contributed by atoms with Gasteiger partial charge in [0.05, 0.1) is 0 Å². The molecule has 0 aliphatic carbocycles. The van der Waals surface area contributed by atoms with Gasteiger partial charge in [0.1, 0.15) is 5.69 Å². The summed E-state index contributed by atoms with van der Waals surface area (Å²) < 4.78 is 0. The molecule has 0 aliphatic rings. The Morgan fingerprint density at radius 2 is 1.88 bits per heavy atom. The number of halogens is 1. The van der Waals surface area contributed by atoms with Gasteiger partial charge in [-0.05, 0) is 54.8 Å². The van der Waals surface area contributed by atoms with E-state index in [0.29, 0.717) is 16.7 Å². The number of carbonyl (C=O) groups excluding carboxylic acids is 1. The highest BCUT2D eigenvalue weighted by Gasteiger charge is 2.11. The van der Waals surface area contributed by atoms with Crippen molar-refractivity contribution in [3.8, 4) is 0 Å². The van der Waals surface area contributed by atoms with Gasteiger partial charge in [0.25, 0.3) is 5.91 Å². The molecule has 0 unspecified atom stereocenters. The van der Waals surface area contributed by atoms with Crippen LogP contribution in [0, 0.1) is 6.92 Å². The normalized spacial score (nSPS) is 10.4. The van der Waals surface area contributed by atoms with E-state index in [9.17, 15) is 4.79 Å². The van der Waals surface area contributed by atoms with Crippen LogP contribution in [0.3, 0.4) is 0 Å². The Hall–Kier alpha value is -2.92. The Morgan fingerprint density at radius 1 is 1.12 bits per heavy atom. The lowest BCUT2D eigenvalue weighted by atomic mass is 10.1. The number of carbonyl (C=O) groups is 1. The van der Waals surface area contributed by atoms with Gasteiger partial charge in [0.2, 0.25) is 5.95 Å². The van der Waals surface area contributed by atoms with Gasteiger partial charge < -0.3 is 10.6 Å². The van der Waals surface area contributed by atoms with Crippen molar-refractivity contribution in [1.82, 2.24) is 9.97 Å². The van der Waals surface area contributed by atoms with E-state index in [-0.39, 0.29) is 11.6 Å². The highest BCUT2D eigenvalue weighted by atomic mass is 35.5. The van der Waals surface area contributed by atoms with Crippen molar-refractivity contribution in [1.29, 1.82) is 0 Å². The van der Waals surface area contributed by atoms with Gasteiger partial charge in [0, 0.05) is 22.6 Å². The van der Waals surface area contributed by atoms with Crippen molar-refractivity contribution in [3.63, 3.8) is 0 Å². The number of amides is 1. The molecule has 0 atom stereocenters. The number of hydrogen-bond acceptors (Lipinski definition) is 4. The van der Waals surface area contributed by atoms with Gasteiger partial charge in [-0.15, -0.1) is 0 Å². The van der Waals surface area contributed by atoms with E-state index < -0.39 is 0 Å². The molecule has 1 amide bonds. The second kappa shape index (κ2) is 7.97. The maximum atomic E-state index is 12.4. The molecule has 0 bridgehead atoms. The van der Waals surface area contributed by atoms with E-state index in [2.05, 4.69) is 33.6 Å². The van der Waals surface area contributed by atoms with Crippen molar-refractivity contribution in [2.24, 2.45) is 0 Å². The fraction of sp³-hybridized carbons (Fsp3) is 0.150. The topological polar surface area (TPSA) is 66.9 Å². The van der Waals surface area contributed by atoms with Crippen LogP contribution in [0.4, 0.5) is 17.3 Å². The van der Waals surface area contributed by atoms with E-state index in [1.165, 1.54) is 5.56 Å². The van der Waals surface area contributed by atoms with Crippen LogP contribution < -0.4 is 10.6 Å². The van der Waals surface area contributed by atoms with Crippen molar-refractivity contribution in [2.45, 2.75) is 20.3 Å². The van der Waals surface area contributed by atoms with Crippen LogP contribution in [0.1, 0.15) is 28.5 Å². The average molecular weight is 367 g/mol. The van der Waals surface area contributed by atoms with E-state index in [1.807, 2.05) is 19.1 Å². The molecule has 0 spiro atoms. The first-order valence-electron chi connectivity index (χ1n) is 8.32. The third kappa shape index (κ3) is 4.18. The summed E-state index contributed by atoms with van der Waals surface area (Å²) in [5.41, 5.74) is 4.18. The Bertz CT molecular complexity index is 925. The summed E-state index contributed by atoms with van der Waals surface area (Å²) in [7, 11) is 0. The third-order valence-electron chi connectivity index (χ3n) is 3.97. The number of hydrogen-bond donors (Lipinski definition) is 2. The standard InChI is InChI=1S/C20H19ClN4O/c1-3-14-6-4-5-13(2)18(14)25-20-22-12-11-17(24-20)19(26)23-16-9-7-15(21)8-10-16/h4-12H,3H2,1-2H3,(H,23,26)(H,22,24,25). The number of nitrogens with one attached hydrogen (secondary N) is 2. The summed E-state index contributed by atoms with van der Waals surface area (Å²) in [5.74, 6) is 0.0797. The fourth-order valence-corrected chi connectivity index (χ4v) is 2.71. The first kappa shape index (κ1) is 17.9. The van der Waals surface area contributed by atoms with Crippen molar-refractivity contribution in [3.05, 3.63) is 76.6 Å². The number of benzene rings is 2.